The molecule has 1 aliphatic rings. The Hall–Kier alpha value is -1.74. The maximum absolute atomic E-state index is 11.1. The Morgan fingerprint density at radius 3 is 2.81 bits per heavy atom. The highest BCUT2D eigenvalue weighted by molar-refractivity contribution is 7.18. The van der Waals surface area contributed by atoms with Crippen LogP contribution < -0.4 is 16.8 Å². The number of carbonyl (C=O) groups is 1. The van der Waals surface area contributed by atoms with Gasteiger partial charge in [-0.1, -0.05) is 0 Å². The molecule has 0 spiro atoms. The molecule has 1 saturated carbocycles. The predicted molar refractivity (Wildman–Crippen MR) is 63.2 cm³/mol. The van der Waals surface area contributed by atoms with Gasteiger partial charge in [0, 0.05) is 6.54 Å². The molecule has 0 saturated heterocycles. The summed E-state index contributed by atoms with van der Waals surface area (Å²) in [5.74, 6) is 0.102. The first kappa shape index (κ1) is 10.8. The first-order chi connectivity index (χ1) is 7.63. The molecule has 1 fully saturated rings. The van der Waals surface area contributed by atoms with Gasteiger partial charge in [0.15, 0.2) is 0 Å². The van der Waals surface area contributed by atoms with E-state index >= 15 is 0 Å². The number of primary amides is 1. The van der Waals surface area contributed by atoms with Gasteiger partial charge in [-0.2, -0.15) is 5.26 Å². The number of nitrogens with one attached hydrogen (secondary N) is 1. The Labute approximate surface area is 97.0 Å². The smallest absolute Gasteiger partial charge is 0.261 e. The molecule has 1 amide bonds. The number of amides is 1. The third-order valence-corrected chi connectivity index (χ3v) is 3.71. The van der Waals surface area contributed by atoms with Crippen LogP contribution in [0, 0.1) is 17.2 Å². The van der Waals surface area contributed by atoms with E-state index in [1.165, 1.54) is 12.8 Å². The van der Waals surface area contributed by atoms with Crippen molar-refractivity contribution in [3.8, 4) is 6.07 Å². The third kappa shape index (κ3) is 1.95. The second kappa shape index (κ2) is 4.02. The molecule has 2 rings (SSSR count). The minimum atomic E-state index is -0.585. The number of rotatable bonds is 4. The van der Waals surface area contributed by atoms with Crippen LogP contribution in [0.3, 0.4) is 0 Å². The van der Waals surface area contributed by atoms with Crippen LogP contribution in [0.5, 0.6) is 0 Å². The number of nitrogen functional groups attached to an aromatic ring is 1. The third-order valence-electron chi connectivity index (χ3n) is 2.53. The molecule has 1 heterocycles. The topological polar surface area (TPSA) is 105 Å². The number of carbonyl (C=O) groups excluding carboxylic acids is 1. The van der Waals surface area contributed by atoms with Crippen molar-refractivity contribution in [1.82, 2.24) is 0 Å². The number of thiophene rings is 1. The lowest BCUT2D eigenvalue weighted by Crippen LogP contribution is -2.10. The van der Waals surface area contributed by atoms with Crippen LogP contribution in [0.4, 0.5) is 10.7 Å². The number of anilines is 2. The van der Waals surface area contributed by atoms with Crippen LogP contribution in [0.1, 0.15) is 28.1 Å². The lowest BCUT2D eigenvalue weighted by Gasteiger charge is -2.01. The molecule has 0 atom stereocenters. The number of nitrogens with zero attached hydrogens (tertiary/aromatic N) is 1. The predicted octanol–water partition coefficient (Wildman–Crippen LogP) is 1.12. The summed E-state index contributed by atoms with van der Waals surface area (Å²) >= 11 is 1.16. The molecule has 16 heavy (non-hydrogen) atoms. The number of hydrogen-bond acceptors (Lipinski definition) is 5. The summed E-state index contributed by atoms with van der Waals surface area (Å²) in [5.41, 5.74) is 11.4. The molecule has 6 heteroatoms. The molecule has 0 aromatic carbocycles. The molecule has 5 nitrogen and oxygen atoms in total. The minimum absolute atomic E-state index is 0.193. The molecule has 1 aromatic rings. The van der Waals surface area contributed by atoms with E-state index in [9.17, 15) is 4.79 Å². The summed E-state index contributed by atoms with van der Waals surface area (Å²) in [5, 5.41) is 12.8. The lowest BCUT2D eigenvalue weighted by molar-refractivity contribution is 0.100. The molecule has 0 unspecified atom stereocenters. The van der Waals surface area contributed by atoms with Gasteiger partial charge in [-0.25, -0.2) is 0 Å². The van der Waals surface area contributed by atoms with Gasteiger partial charge in [0.2, 0.25) is 0 Å². The highest BCUT2D eigenvalue weighted by Gasteiger charge is 2.23. The first-order valence-electron chi connectivity index (χ1n) is 4.99. The first-order valence-corrected chi connectivity index (χ1v) is 5.81. The Morgan fingerprint density at radius 1 is 1.62 bits per heavy atom. The van der Waals surface area contributed by atoms with Crippen molar-refractivity contribution >= 4 is 27.9 Å². The molecular weight excluding hydrogens is 224 g/mol. The quantitative estimate of drug-likeness (QED) is 0.728. The second-order valence-corrected chi connectivity index (χ2v) is 4.87. The van der Waals surface area contributed by atoms with Crippen LogP contribution in [0.25, 0.3) is 0 Å². The molecule has 0 radical (unpaired) electrons. The van der Waals surface area contributed by atoms with Gasteiger partial charge in [0.1, 0.15) is 21.5 Å². The van der Waals surface area contributed by atoms with Gasteiger partial charge >= 0.3 is 0 Å². The van der Waals surface area contributed by atoms with Crippen LogP contribution >= 0.6 is 11.3 Å². The van der Waals surface area contributed by atoms with Crippen molar-refractivity contribution in [1.29, 1.82) is 5.26 Å². The summed E-state index contributed by atoms with van der Waals surface area (Å²) < 4.78 is 0. The Bertz CT molecular complexity index is 470. The van der Waals surface area contributed by atoms with Crippen molar-refractivity contribution in [2.45, 2.75) is 12.8 Å². The molecular formula is C10H12N4OS. The number of hydrogen-bond donors (Lipinski definition) is 3. The monoisotopic (exact) mass is 236 g/mol. The van der Waals surface area contributed by atoms with Crippen LogP contribution in [0.2, 0.25) is 0 Å². The second-order valence-electron chi connectivity index (χ2n) is 3.85. The zero-order valence-corrected chi connectivity index (χ0v) is 9.43. The molecule has 0 bridgehead atoms. The Balaban J connectivity index is 2.25. The fourth-order valence-electron chi connectivity index (χ4n) is 1.42. The van der Waals surface area contributed by atoms with E-state index in [4.69, 9.17) is 16.7 Å². The largest absolute Gasteiger partial charge is 0.396 e. The van der Waals surface area contributed by atoms with Gasteiger partial charge in [-0.05, 0) is 18.8 Å². The number of nitrogens with two attached hydrogens (primary N) is 2. The molecule has 1 aliphatic carbocycles. The zero-order valence-electron chi connectivity index (χ0n) is 8.62. The average Bonchev–Trinajstić information content (AvgIpc) is 3.00. The molecule has 84 valence electrons. The summed E-state index contributed by atoms with van der Waals surface area (Å²) in [7, 11) is 0. The highest BCUT2D eigenvalue weighted by atomic mass is 32.1. The molecule has 5 N–H and O–H groups in total. The molecule has 1 aromatic heterocycles. The Kier molecular flexibility index (Phi) is 2.71. The van der Waals surface area contributed by atoms with E-state index in [0.717, 1.165) is 17.9 Å². The summed E-state index contributed by atoms with van der Waals surface area (Å²) in [6.45, 7) is 0.826. The van der Waals surface area contributed by atoms with Crippen molar-refractivity contribution in [3.05, 3.63) is 10.4 Å². The number of nitriles is 1. The fourth-order valence-corrected chi connectivity index (χ4v) is 2.35. The molecule has 0 aliphatic heterocycles. The maximum Gasteiger partial charge on any atom is 0.261 e. The van der Waals surface area contributed by atoms with Gasteiger partial charge in [-0.3, -0.25) is 4.79 Å². The zero-order chi connectivity index (χ0) is 11.7. The SMILES string of the molecule is N#Cc1c(NCC2CC2)sc(C(N)=O)c1N. The summed E-state index contributed by atoms with van der Waals surface area (Å²) in [4.78, 5) is 11.3. The minimum Gasteiger partial charge on any atom is -0.396 e. The van der Waals surface area contributed by atoms with Crippen molar-refractivity contribution in [3.63, 3.8) is 0 Å². The average molecular weight is 236 g/mol. The van der Waals surface area contributed by atoms with Crippen molar-refractivity contribution in [2.75, 3.05) is 17.6 Å². The van der Waals surface area contributed by atoms with E-state index in [0.29, 0.717) is 16.5 Å². The normalized spacial score (nSPS) is 14.4. The van der Waals surface area contributed by atoms with Gasteiger partial charge in [-0.15, -0.1) is 11.3 Å². The van der Waals surface area contributed by atoms with Gasteiger partial charge in [0.25, 0.3) is 5.91 Å². The standard InChI is InChI=1S/C10H12N4OS/c11-3-6-7(12)8(9(13)15)16-10(6)14-4-5-1-2-5/h5,14H,1-2,4,12H2,(H2,13,15). The maximum atomic E-state index is 11.1. The Morgan fingerprint density at radius 2 is 2.31 bits per heavy atom. The van der Waals surface area contributed by atoms with Crippen LogP contribution in [-0.2, 0) is 0 Å². The van der Waals surface area contributed by atoms with Gasteiger partial charge < -0.3 is 16.8 Å². The van der Waals surface area contributed by atoms with Crippen LogP contribution in [0.15, 0.2) is 0 Å². The van der Waals surface area contributed by atoms with E-state index in [1.54, 1.807) is 0 Å². The van der Waals surface area contributed by atoms with E-state index < -0.39 is 5.91 Å². The van der Waals surface area contributed by atoms with E-state index in [1.807, 2.05) is 6.07 Å². The summed E-state index contributed by atoms with van der Waals surface area (Å²) in [6.07, 6.45) is 2.44. The van der Waals surface area contributed by atoms with Crippen molar-refractivity contribution < 1.29 is 4.79 Å². The highest BCUT2D eigenvalue weighted by Crippen LogP contribution is 2.36. The van der Waals surface area contributed by atoms with Crippen LogP contribution in [-0.4, -0.2) is 12.5 Å². The lowest BCUT2D eigenvalue weighted by atomic mass is 10.2. The fraction of sp³-hybridized carbons (Fsp3) is 0.400. The van der Waals surface area contributed by atoms with E-state index in [-0.39, 0.29) is 10.6 Å². The summed E-state index contributed by atoms with van der Waals surface area (Å²) in [6, 6.07) is 2.00. The van der Waals surface area contributed by atoms with Gasteiger partial charge in [0.05, 0.1) is 5.69 Å². The van der Waals surface area contributed by atoms with E-state index in [2.05, 4.69) is 5.32 Å². The van der Waals surface area contributed by atoms with Crippen molar-refractivity contribution in [2.24, 2.45) is 11.7 Å².